The third-order valence-electron chi connectivity index (χ3n) is 4.32. The Labute approximate surface area is 155 Å². The summed E-state index contributed by atoms with van der Waals surface area (Å²) in [5.74, 6) is 0.681. The molecule has 1 fully saturated rings. The number of hydrogen-bond donors (Lipinski definition) is 0. The van der Waals surface area contributed by atoms with E-state index >= 15 is 0 Å². The Hall–Kier alpha value is -2.64. The molecule has 0 unspecified atom stereocenters. The molecule has 8 heteroatoms. The smallest absolute Gasteiger partial charge is 0.416 e. The minimum absolute atomic E-state index is 0.294. The number of hydrogen-bond acceptors (Lipinski definition) is 4. The molecular weight excluding hydrogens is 359 g/mol. The molecule has 1 heterocycles. The summed E-state index contributed by atoms with van der Waals surface area (Å²) in [4.78, 5) is 22.1. The van der Waals surface area contributed by atoms with Crippen molar-refractivity contribution in [1.29, 1.82) is 0 Å². The topological polar surface area (TPSA) is 55.3 Å². The number of ether oxygens (including phenoxy) is 1. The molecule has 1 aliphatic carbocycles. The van der Waals surface area contributed by atoms with E-state index in [4.69, 9.17) is 4.74 Å². The molecule has 0 aliphatic heterocycles. The molecule has 0 bridgehead atoms. The molecule has 1 amide bonds. The van der Waals surface area contributed by atoms with Crippen molar-refractivity contribution in [3.05, 3.63) is 47.3 Å². The largest absolute Gasteiger partial charge is 0.450 e. The second kappa shape index (κ2) is 7.54. The fraction of sp³-hybridized carbons (Fsp3) is 0.421. The van der Waals surface area contributed by atoms with Crippen LogP contribution < -0.4 is 0 Å². The Kier molecular flexibility index (Phi) is 5.34. The minimum Gasteiger partial charge on any atom is -0.450 e. The first kappa shape index (κ1) is 19.1. The number of carbonyl (C=O) groups is 1. The first-order chi connectivity index (χ1) is 12.8. The summed E-state index contributed by atoms with van der Waals surface area (Å²) in [6.45, 7) is 2.35. The summed E-state index contributed by atoms with van der Waals surface area (Å²) in [5.41, 5.74) is 1.48. The zero-order chi connectivity index (χ0) is 19.6. The van der Waals surface area contributed by atoms with Crippen molar-refractivity contribution in [2.24, 2.45) is 0 Å². The van der Waals surface area contributed by atoms with Gasteiger partial charge in [0.05, 0.1) is 24.4 Å². The number of aromatic nitrogens is 2. The molecule has 1 aliphatic rings. The van der Waals surface area contributed by atoms with E-state index in [9.17, 15) is 18.0 Å². The number of alkyl halides is 3. The van der Waals surface area contributed by atoms with Crippen molar-refractivity contribution < 1.29 is 22.7 Å². The Morgan fingerprint density at radius 3 is 2.48 bits per heavy atom. The molecule has 27 heavy (non-hydrogen) atoms. The molecule has 0 atom stereocenters. The lowest BCUT2D eigenvalue weighted by Crippen LogP contribution is -2.27. The predicted octanol–water partition coefficient (Wildman–Crippen LogP) is 4.63. The van der Waals surface area contributed by atoms with Crippen LogP contribution in [0.1, 0.15) is 42.5 Å². The van der Waals surface area contributed by atoms with E-state index in [1.807, 2.05) is 0 Å². The van der Waals surface area contributed by atoms with E-state index < -0.39 is 17.8 Å². The molecule has 0 spiro atoms. The van der Waals surface area contributed by atoms with E-state index in [1.165, 1.54) is 17.0 Å². The Balaban J connectivity index is 1.85. The Bertz CT molecular complexity index is 818. The number of halogens is 3. The lowest BCUT2D eigenvalue weighted by molar-refractivity contribution is -0.137. The van der Waals surface area contributed by atoms with Gasteiger partial charge in [0.25, 0.3) is 0 Å². The first-order valence-corrected chi connectivity index (χ1v) is 8.71. The summed E-state index contributed by atoms with van der Waals surface area (Å²) in [6.07, 6.45) is -1.16. The zero-order valence-electron chi connectivity index (χ0n) is 15.1. The van der Waals surface area contributed by atoms with Gasteiger partial charge in [0, 0.05) is 30.3 Å². The van der Waals surface area contributed by atoms with Gasteiger partial charge in [0.2, 0.25) is 0 Å². The van der Waals surface area contributed by atoms with Gasteiger partial charge in [0.1, 0.15) is 0 Å². The van der Waals surface area contributed by atoms with Crippen LogP contribution in [0.5, 0.6) is 0 Å². The molecule has 1 aromatic heterocycles. The highest BCUT2D eigenvalue weighted by Gasteiger charge is 2.31. The van der Waals surface area contributed by atoms with Crippen LogP contribution in [0.4, 0.5) is 18.0 Å². The van der Waals surface area contributed by atoms with Crippen LogP contribution in [0.2, 0.25) is 0 Å². The van der Waals surface area contributed by atoms with Crippen molar-refractivity contribution in [2.75, 3.05) is 13.7 Å². The first-order valence-electron chi connectivity index (χ1n) is 8.71. The van der Waals surface area contributed by atoms with Crippen LogP contribution in [0.3, 0.4) is 0 Å². The standard InChI is InChI=1S/C19H20F3N3O2/c1-3-27-18(26)25(2)11-14-10-23-17(24-16(14)12-4-5-12)13-6-8-15(9-7-13)19(20,21)22/h6-10,12H,3-5,11H2,1-2H3. The van der Waals surface area contributed by atoms with Gasteiger partial charge in [-0.05, 0) is 31.9 Å². The molecule has 0 N–H and O–H groups in total. The summed E-state index contributed by atoms with van der Waals surface area (Å²) in [5, 5.41) is 0. The highest BCUT2D eigenvalue weighted by Crippen LogP contribution is 2.41. The molecule has 5 nitrogen and oxygen atoms in total. The number of benzene rings is 1. The number of nitrogens with zero attached hydrogens (tertiary/aromatic N) is 3. The lowest BCUT2D eigenvalue weighted by atomic mass is 10.1. The summed E-state index contributed by atoms with van der Waals surface area (Å²) >= 11 is 0. The van der Waals surface area contributed by atoms with E-state index in [0.717, 1.165) is 36.2 Å². The van der Waals surface area contributed by atoms with Gasteiger partial charge in [-0.1, -0.05) is 12.1 Å². The fourth-order valence-electron chi connectivity index (χ4n) is 2.75. The second-order valence-corrected chi connectivity index (χ2v) is 6.51. The molecule has 2 aromatic rings. The molecule has 3 rings (SSSR count). The minimum atomic E-state index is -4.37. The third kappa shape index (κ3) is 4.56. The van der Waals surface area contributed by atoms with Crippen LogP contribution in [0, 0.1) is 0 Å². The molecule has 144 valence electrons. The quantitative estimate of drug-likeness (QED) is 0.760. The van der Waals surface area contributed by atoms with Gasteiger partial charge in [0.15, 0.2) is 5.82 Å². The van der Waals surface area contributed by atoms with Crippen LogP contribution in [0.25, 0.3) is 11.4 Å². The van der Waals surface area contributed by atoms with Crippen LogP contribution in [-0.4, -0.2) is 34.6 Å². The van der Waals surface area contributed by atoms with Gasteiger partial charge >= 0.3 is 12.3 Å². The highest BCUT2D eigenvalue weighted by molar-refractivity contribution is 5.67. The van der Waals surface area contributed by atoms with Crippen LogP contribution in [0.15, 0.2) is 30.5 Å². The molecule has 0 radical (unpaired) electrons. The summed E-state index contributed by atoms with van der Waals surface area (Å²) in [7, 11) is 1.64. The summed E-state index contributed by atoms with van der Waals surface area (Å²) < 4.78 is 43.1. The van der Waals surface area contributed by atoms with Gasteiger partial charge < -0.3 is 9.64 Å². The fourth-order valence-corrected chi connectivity index (χ4v) is 2.75. The monoisotopic (exact) mass is 379 g/mol. The van der Waals surface area contributed by atoms with Crippen LogP contribution in [-0.2, 0) is 17.5 Å². The number of carbonyl (C=O) groups excluding carboxylic acids is 1. The van der Waals surface area contributed by atoms with Gasteiger partial charge in [-0.25, -0.2) is 14.8 Å². The predicted molar refractivity (Wildman–Crippen MR) is 92.9 cm³/mol. The molecule has 1 saturated carbocycles. The molecular formula is C19H20F3N3O2. The zero-order valence-corrected chi connectivity index (χ0v) is 15.1. The Morgan fingerprint density at radius 1 is 1.26 bits per heavy atom. The molecule has 0 saturated heterocycles. The van der Waals surface area contributed by atoms with Crippen molar-refractivity contribution >= 4 is 6.09 Å². The van der Waals surface area contributed by atoms with Crippen molar-refractivity contribution in [2.45, 2.75) is 38.4 Å². The average Bonchev–Trinajstić information content (AvgIpc) is 3.46. The van der Waals surface area contributed by atoms with Crippen molar-refractivity contribution in [1.82, 2.24) is 14.9 Å². The summed E-state index contributed by atoms with van der Waals surface area (Å²) in [6, 6.07) is 4.80. The SMILES string of the molecule is CCOC(=O)N(C)Cc1cnc(-c2ccc(C(F)(F)F)cc2)nc1C1CC1. The van der Waals surface area contributed by atoms with E-state index in [0.29, 0.717) is 30.5 Å². The number of amides is 1. The van der Waals surface area contributed by atoms with E-state index in [2.05, 4.69) is 9.97 Å². The van der Waals surface area contributed by atoms with E-state index in [1.54, 1.807) is 20.2 Å². The van der Waals surface area contributed by atoms with E-state index in [-0.39, 0.29) is 0 Å². The second-order valence-electron chi connectivity index (χ2n) is 6.51. The lowest BCUT2D eigenvalue weighted by Gasteiger charge is -2.18. The molecule has 1 aromatic carbocycles. The highest BCUT2D eigenvalue weighted by atomic mass is 19.4. The Morgan fingerprint density at radius 2 is 1.93 bits per heavy atom. The average molecular weight is 379 g/mol. The van der Waals surface area contributed by atoms with Gasteiger partial charge in [-0.2, -0.15) is 13.2 Å². The number of rotatable bonds is 5. The third-order valence-corrected chi connectivity index (χ3v) is 4.32. The maximum Gasteiger partial charge on any atom is 0.416 e. The maximum atomic E-state index is 12.7. The van der Waals surface area contributed by atoms with Crippen molar-refractivity contribution in [3.8, 4) is 11.4 Å². The normalized spacial score (nSPS) is 14.1. The van der Waals surface area contributed by atoms with Crippen molar-refractivity contribution in [3.63, 3.8) is 0 Å². The van der Waals surface area contributed by atoms with Gasteiger partial charge in [-0.3, -0.25) is 0 Å². The maximum absolute atomic E-state index is 12.7. The van der Waals surface area contributed by atoms with Crippen LogP contribution >= 0.6 is 0 Å². The van der Waals surface area contributed by atoms with Gasteiger partial charge in [-0.15, -0.1) is 0 Å².